The summed E-state index contributed by atoms with van der Waals surface area (Å²) in [6.07, 6.45) is 0. The Bertz CT molecular complexity index is 777. The minimum Gasteiger partial charge on any atom is -0.354 e. The van der Waals surface area contributed by atoms with Crippen molar-refractivity contribution in [1.82, 2.24) is 4.98 Å². The molecule has 0 amide bonds. The highest BCUT2D eigenvalue weighted by atomic mass is 35.5. The van der Waals surface area contributed by atoms with Gasteiger partial charge in [0.2, 0.25) is 0 Å². The number of benzene rings is 2. The fourth-order valence-corrected chi connectivity index (χ4v) is 2.47. The molecule has 2 aromatic carbocycles. The summed E-state index contributed by atoms with van der Waals surface area (Å²) < 4.78 is 13.0. The van der Waals surface area contributed by atoms with E-state index in [1.54, 1.807) is 12.1 Å². The van der Waals surface area contributed by atoms with Gasteiger partial charge in [-0.25, -0.2) is 4.39 Å². The predicted octanol–water partition coefficient (Wildman–Crippen LogP) is 4.40. The Morgan fingerprint density at radius 2 is 1.80 bits per heavy atom. The van der Waals surface area contributed by atoms with Crippen LogP contribution in [-0.4, -0.2) is 16.6 Å². The smallest absolute Gasteiger partial charge is 0.180 e. The Hall–Kier alpha value is -2.13. The summed E-state index contributed by atoms with van der Waals surface area (Å²) in [6.45, 7) is 0. The number of para-hydroxylation sites is 1. The van der Waals surface area contributed by atoms with E-state index in [-0.39, 0.29) is 17.5 Å². The zero-order valence-electron chi connectivity index (χ0n) is 10.5. The summed E-state index contributed by atoms with van der Waals surface area (Å²) in [4.78, 5) is 15.3. The molecule has 100 valence electrons. The fraction of sp³-hybridized carbons (Fsp3) is 0.0625. The van der Waals surface area contributed by atoms with Crippen LogP contribution in [0.25, 0.3) is 22.2 Å². The van der Waals surface area contributed by atoms with E-state index in [0.717, 1.165) is 16.5 Å². The number of hydrogen-bond donors (Lipinski definition) is 1. The lowest BCUT2D eigenvalue weighted by molar-refractivity contribution is 0.102. The average molecular weight is 288 g/mol. The average Bonchev–Trinajstić information content (AvgIpc) is 2.86. The Kier molecular flexibility index (Phi) is 3.28. The minimum absolute atomic E-state index is 0.0873. The molecule has 0 spiro atoms. The topological polar surface area (TPSA) is 32.9 Å². The molecule has 0 atom stereocenters. The minimum atomic E-state index is -0.310. The summed E-state index contributed by atoms with van der Waals surface area (Å²) in [5.74, 6) is -0.547. The van der Waals surface area contributed by atoms with Gasteiger partial charge in [0.15, 0.2) is 5.78 Å². The standard InChI is InChI=1S/C16H11ClFNO/c17-9-14(20)15-12-3-1-2-4-13(12)19-16(15)10-5-7-11(18)8-6-10/h1-8,19H,9H2. The van der Waals surface area contributed by atoms with Crippen molar-refractivity contribution in [3.05, 3.63) is 59.9 Å². The van der Waals surface area contributed by atoms with Crippen molar-refractivity contribution in [3.63, 3.8) is 0 Å². The predicted molar refractivity (Wildman–Crippen MR) is 78.7 cm³/mol. The molecule has 2 nitrogen and oxygen atoms in total. The Labute approximate surface area is 120 Å². The van der Waals surface area contributed by atoms with Gasteiger partial charge < -0.3 is 4.98 Å². The number of alkyl halides is 1. The van der Waals surface area contributed by atoms with Crippen LogP contribution >= 0.6 is 11.6 Å². The molecule has 0 aliphatic heterocycles. The molecule has 0 saturated heterocycles. The van der Waals surface area contributed by atoms with E-state index in [9.17, 15) is 9.18 Å². The van der Waals surface area contributed by atoms with E-state index in [1.165, 1.54) is 12.1 Å². The van der Waals surface area contributed by atoms with Gasteiger partial charge in [-0.1, -0.05) is 18.2 Å². The Balaban J connectivity index is 2.29. The van der Waals surface area contributed by atoms with Gasteiger partial charge in [0.25, 0.3) is 0 Å². The number of aromatic amines is 1. The summed E-state index contributed by atoms with van der Waals surface area (Å²) in [6, 6.07) is 13.6. The first-order valence-electron chi connectivity index (χ1n) is 6.16. The maximum Gasteiger partial charge on any atom is 0.180 e. The number of H-pyrrole nitrogens is 1. The first kappa shape index (κ1) is 12.9. The maximum atomic E-state index is 13.0. The molecule has 0 aliphatic rings. The number of halogens is 2. The van der Waals surface area contributed by atoms with Crippen LogP contribution in [0.4, 0.5) is 4.39 Å². The zero-order chi connectivity index (χ0) is 14.1. The molecular formula is C16H11ClFNO. The molecule has 0 saturated carbocycles. The van der Waals surface area contributed by atoms with Gasteiger partial charge in [-0.2, -0.15) is 0 Å². The molecule has 3 rings (SSSR count). The molecule has 0 radical (unpaired) electrons. The highest BCUT2D eigenvalue weighted by Crippen LogP contribution is 2.31. The maximum absolute atomic E-state index is 13.0. The van der Waals surface area contributed by atoms with Crippen molar-refractivity contribution in [1.29, 1.82) is 0 Å². The lowest BCUT2D eigenvalue weighted by Gasteiger charge is -2.02. The molecule has 0 fully saturated rings. The van der Waals surface area contributed by atoms with Crippen LogP contribution in [0.5, 0.6) is 0 Å². The number of fused-ring (bicyclic) bond motifs is 1. The molecule has 20 heavy (non-hydrogen) atoms. The summed E-state index contributed by atoms with van der Waals surface area (Å²) in [5, 5.41) is 0.831. The summed E-state index contributed by atoms with van der Waals surface area (Å²) >= 11 is 5.71. The van der Waals surface area contributed by atoms with Crippen molar-refractivity contribution < 1.29 is 9.18 Å². The molecule has 0 bridgehead atoms. The fourth-order valence-electron chi connectivity index (χ4n) is 2.33. The molecule has 1 aromatic heterocycles. The van der Waals surface area contributed by atoms with Gasteiger partial charge in [0, 0.05) is 10.9 Å². The van der Waals surface area contributed by atoms with Gasteiger partial charge in [-0.3, -0.25) is 4.79 Å². The number of carbonyl (C=O) groups is 1. The Morgan fingerprint density at radius 1 is 1.10 bits per heavy atom. The third-order valence-electron chi connectivity index (χ3n) is 3.24. The van der Waals surface area contributed by atoms with Crippen molar-refractivity contribution in [2.24, 2.45) is 0 Å². The monoisotopic (exact) mass is 287 g/mol. The molecule has 1 heterocycles. The normalized spacial score (nSPS) is 10.9. The van der Waals surface area contributed by atoms with Crippen molar-refractivity contribution in [3.8, 4) is 11.3 Å². The molecule has 0 unspecified atom stereocenters. The van der Waals surface area contributed by atoms with E-state index >= 15 is 0 Å². The number of aromatic nitrogens is 1. The highest BCUT2D eigenvalue weighted by Gasteiger charge is 2.18. The number of carbonyl (C=O) groups excluding carboxylic acids is 1. The lowest BCUT2D eigenvalue weighted by atomic mass is 10.0. The van der Waals surface area contributed by atoms with Gasteiger partial charge in [-0.05, 0) is 35.9 Å². The second kappa shape index (κ2) is 5.10. The second-order valence-corrected chi connectivity index (χ2v) is 4.75. The van der Waals surface area contributed by atoms with Crippen LogP contribution in [0.15, 0.2) is 48.5 Å². The zero-order valence-corrected chi connectivity index (χ0v) is 11.2. The molecule has 0 aliphatic carbocycles. The first-order chi connectivity index (χ1) is 9.70. The number of nitrogens with one attached hydrogen (secondary N) is 1. The van der Waals surface area contributed by atoms with E-state index in [4.69, 9.17) is 11.6 Å². The quantitative estimate of drug-likeness (QED) is 0.562. The lowest BCUT2D eigenvalue weighted by Crippen LogP contribution is -2.01. The first-order valence-corrected chi connectivity index (χ1v) is 6.70. The van der Waals surface area contributed by atoms with Gasteiger partial charge in [0.05, 0.1) is 17.1 Å². The molecular weight excluding hydrogens is 277 g/mol. The van der Waals surface area contributed by atoms with E-state index in [1.807, 2.05) is 24.3 Å². The van der Waals surface area contributed by atoms with Gasteiger partial charge >= 0.3 is 0 Å². The van der Waals surface area contributed by atoms with Crippen LogP contribution in [0, 0.1) is 5.82 Å². The Morgan fingerprint density at radius 3 is 2.50 bits per heavy atom. The number of ketones is 1. The molecule has 3 aromatic rings. The summed E-state index contributed by atoms with van der Waals surface area (Å²) in [7, 11) is 0. The van der Waals surface area contributed by atoms with E-state index < -0.39 is 0 Å². The van der Waals surface area contributed by atoms with Crippen LogP contribution in [0.3, 0.4) is 0 Å². The van der Waals surface area contributed by atoms with E-state index in [0.29, 0.717) is 11.3 Å². The van der Waals surface area contributed by atoms with Gasteiger partial charge in [-0.15, -0.1) is 11.6 Å². The van der Waals surface area contributed by atoms with E-state index in [2.05, 4.69) is 4.98 Å². The van der Waals surface area contributed by atoms with Gasteiger partial charge in [0.1, 0.15) is 5.82 Å². The third-order valence-corrected chi connectivity index (χ3v) is 3.48. The van der Waals surface area contributed by atoms with Crippen LogP contribution < -0.4 is 0 Å². The van der Waals surface area contributed by atoms with Crippen molar-refractivity contribution >= 4 is 28.3 Å². The van der Waals surface area contributed by atoms with Crippen LogP contribution in [0.1, 0.15) is 10.4 Å². The molecule has 1 N–H and O–H groups in total. The van der Waals surface area contributed by atoms with Crippen LogP contribution in [-0.2, 0) is 0 Å². The SMILES string of the molecule is O=C(CCl)c1c(-c2ccc(F)cc2)[nH]c2ccccc12. The number of Topliss-reactive ketones (excluding diaryl/α,β-unsaturated/α-hetero) is 1. The molecule has 4 heteroatoms. The largest absolute Gasteiger partial charge is 0.354 e. The summed E-state index contributed by atoms with van der Waals surface area (Å²) in [5.41, 5.74) is 2.86. The van der Waals surface area contributed by atoms with Crippen LogP contribution in [0.2, 0.25) is 0 Å². The van der Waals surface area contributed by atoms with Crippen molar-refractivity contribution in [2.45, 2.75) is 0 Å². The van der Waals surface area contributed by atoms with Crippen molar-refractivity contribution in [2.75, 3.05) is 5.88 Å². The highest BCUT2D eigenvalue weighted by molar-refractivity contribution is 6.33. The second-order valence-electron chi connectivity index (χ2n) is 4.48. The third kappa shape index (κ3) is 2.10. The number of hydrogen-bond acceptors (Lipinski definition) is 1. The number of rotatable bonds is 3.